The van der Waals surface area contributed by atoms with E-state index in [1.807, 2.05) is 22.8 Å². The van der Waals surface area contributed by atoms with Crippen LogP contribution in [0.5, 0.6) is 0 Å². The Balaban J connectivity index is 1.22. The molecule has 0 radical (unpaired) electrons. The summed E-state index contributed by atoms with van der Waals surface area (Å²) in [4.78, 5) is 13.0. The summed E-state index contributed by atoms with van der Waals surface area (Å²) in [6.45, 7) is 1.06. The van der Waals surface area contributed by atoms with Gasteiger partial charge in [-0.05, 0) is 18.4 Å². The van der Waals surface area contributed by atoms with Gasteiger partial charge in [0.05, 0.1) is 19.0 Å². The van der Waals surface area contributed by atoms with Gasteiger partial charge in [-0.2, -0.15) is 0 Å². The van der Waals surface area contributed by atoms with Crippen LogP contribution in [-0.4, -0.2) is 62.1 Å². The van der Waals surface area contributed by atoms with Gasteiger partial charge in [-0.1, -0.05) is 30.3 Å². The van der Waals surface area contributed by atoms with E-state index in [1.54, 1.807) is 6.33 Å². The van der Waals surface area contributed by atoms with Crippen molar-refractivity contribution in [2.75, 3.05) is 17.5 Å². The van der Waals surface area contributed by atoms with Crippen LogP contribution < -0.4 is 4.34 Å². The molecule has 2 aromatic heterocycles. The molecule has 0 aliphatic carbocycles. The molecule has 3 aliphatic rings. The summed E-state index contributed by atoms with van der Waals surface area (Å²) < 4.78 is 33.8. The van der Waals surface area contributed by atoms with Crippen LogP contribution in [0, 0.1) is 0 Å². The smallest absolute Gasteiger partial charge is 0.260 e. The molecule has 3 aromatic rings. The van der Waals surface area contributed by atoms with Crippen molar-refractivity contribution in [1.82, 2.24) is 24.2 Å². The maximum atomic E-state index is 7.30. The number of aliphatic hydroxyl groups excluding tert-OH is 1. The largest absolute Gasteiger partial charge is 0.394 e. The van der Waals surface area contributed by atoms with Crippen LogP contribution in [0.25, 0.3) is 11.2 Å². The topological polar surface area (TPSA) is 107 Å². The number of nitrogens with one attached hydrogen (secondary N) is 1. The number of aromatic nitrogens is 4. The number of nitrogens with zero attached hydrogens (tertiary/aromatic N) is 5. The van der Waals surface area contributed by atoms with Crippen LogP contribution >= 0.6 is 24.7 Å². The van der Waals surface area contributed by atoms with Crippen molar-refractivity contribution in [3.8, 4) is 0 Å². The first-order valence-corrected chi connectivity index (χ1v) is 12.9. The number of rotatable bonds is 7. The fraction of sp³-hybridized carbons (Fsp3) is 0.476. The molecular formula is C21H24BrN6O4P. The summed E-state index contributed by atoms with van der Waals surface area (Å²) in [5.74, 6) is 0.579. The number of halogens is 1. The van der Waals surface area contributed by atoms with Gasteiger partial charge in [-0.25, -0.2) is 19.6 Å². The molecule has 6 atom stereocenters. The van der Waals surface area contributed by atoms with Gasteiger partial charge < -0.3 is 23.2 Å². The molecule has 33 heavy (non-hydrogen) atoms. The summed E-state index contributed by atoms with van der Waals surface area (Å²) in [6, 6.07) is 10.7. The van der Waals surface area contributed by atoms with E-state index in [1.165, 1.54) is 11.9 Å². The molecule has 10 nitrogen and oxygen atoms in total. The lowest BCUT2D eigenvalue weighted by molar-refractivity contribution is -0.0400. The standard InChI is InChI=1S/C21H24BrN6O4P/c22-26-20-18-21(24-11-23-20)27(12-25-18)17-9-15(16(10-29)30-17)31-33-28-8-4-7-14(28)19(32-33)13-5-2-1-3-6-13/h1-3,5-6,11-12,14-17,19,29H,4,7-10H2,(H,23,24,26)/t14-,15-,16-,17-,19+,33+/m1/s1/i29D. The number of ether oxygens (including phenoxy) is 1. The number of imidazole rings is 1. The zero-order chi connectivity index (χ0) is 23.1. The lowest BCUT2D eigenvalue weighted by Gasteiger charge is -2.24. The third-order valence-electron chi connectivity index (χ3n) is 6.49. The maximum Gasteiger partial charge on any atom is 0.260 e. The number of aliphatic hydroxyl groups is 1. The molecule has 0 unspecified atom stereocenters. The van der Waals surface area contributed by atoms with E-state index >= 15 is 0 Å². The highest BCUT2D eigenvalue weighted by molar-refractivity contribution is 9.10. The van der Waals surface area contributed by atoms with E-state index in [4.69, 9.17) is 20.3 Å². The molecule has 174 valence electrons. The van der Waals surface area contributed by atoms with Crippen molar-refractivity contribution < 1.29 is 18.9 Å². The van der Waals surface area contributed by atoms with Crippen LogP contribution in [0.15, 0.2) is 43.0 Å². The molecule has 0 amide bonds. The molecule has 3 aliphatic heterocycles. The van der Waals surface area contributed by atoms with Crippen molar-refractivity contribution in [2.24, 2.45) is 0 Å². The van der Waals surface area contributed by atoms with Gasteiger partial charge in [0, 0.05) is 35.2 Å². The summed E-state index contributed by atoms with van der Waals surface area (Å²) in [5.41, 5.74) is 2.47. The van der Waals surface area contributed by atoms with Gasteiger partial charge in [0.2, 0.25) is 1.43 Å². The van der Waals surface area contributed by atoms with E-state index in [9.17, 15) is 0 Å². The van der Waals surface area contributed by atoms with Crippen LogP contribution in [0.1, 0.15) is 37.2 Å². The van der Waals surface area contributed by atoms with Gasteiger partial charge in [-0.3, -0.25) is 4.57 Å². The fourth-order valence-corrected chi connectivity index (χ4v) is 7.18. The molecule has 3 fully saturated rings. The molecule has 12 heteroatoms. The van der Waals surface area contributed by atoms with Crippen LogP contribution in [0.2, 0.25) is 0 Å². The summed E-state index contributed by atoms with van der Waals surface area (Å²) in [5, 5.41) is 4.72. The summed E-state index contributed by atoms with van der Waals surface area (Å²) in [6.07, 6.45) is 4.92. The molecule has 0 spiro atoms. The number of benzene rings is 1. The zero-order valence-electron chi connectivity index (χ0n) is 18.7. The normalized spacial score (nSPS) is 32.3. The minimum absolute atomic E-state index is 0.00303. The van der Waals surface area contributed by atoms with Crippen molar-refractivity contribution in [1.29, 1.82) is 1.43 Å². The Bertz CT molecular complexity index is 1140. The van der Waals surface area contributed by atoms with E-state index in [2.05, 4.69) is 52.2 Å². The minimum atomic E-state index is -1.25. The molecule has 2 N–H and O–H groups in total. The Morgan fingerprint density at radius 3 is 3.06 bits per heavy atom. The molecule has 1 aromatic carbocycles. The quantitative estimate of drug-likeness (QED) is 0.346. The number of hydrogen-bond donors (Lipinski definition) is 2. The van der Waals surface area contributed by atoms with E-state index < -0.39 is 14.6 Å². The molecule has 6 rings (SSSR count). The van der Waals surface area contributed by atoms with Gasteiger partial charge in [0.15, 0.2) is 17.0 Å². The van der Waals surface area contributed by atoms with E-state index in [0.717, 1.165) is 19.4 Å². The zero-order valence-corrected chi connectivity index (χ0v) is 20.1. The lowest BCUT2D eigenvalue weighted by atomic mass is 10.0. The highest BCUT2D eigenvalue weighted by atomic mass is 79.9. The van der Waals surface area contributed by atoms with Crippen molar-refractivity contribution in [3.05, 3.63) is 48.5 Å². The predicted molar refractivity (Wildman–Crippen MR) is 125 cm³/mol. The average Bonchev–Trinajstić information content (AvgIpc) is 3.64. The van der Waals surface area contributed by atoms with E-state index in [-0.39, 0.29) is 25.0 Å². The third kappa shape index (κ3) is 3.85. The highest BCUT2D eigenvalue weighted by Crippen LogP contribution is 2.61. The first-order chi connectivity index (χ1) is 16.8. The van der Waals surface area contributed by atoms with Crippen LogP contribution in [0.4, 0.5) is 5.82 Å². The molecule has 0 saturated carbocycles. The number of hydrogen-bond acceptors (Lipinski definition) is 9. The molecule has 0 bridgehead atoms. The summed E-state index contributed by atoms with van der Waals surface area (Å²) in [7, 11) is -1.25. The van der Waals surface area contributed by atoms with Gasteiger partial charge in [0.1, 0.15) is 24.8 Å². The first kappa shape index (κ1) is 20.6. The Hall–Kier alpha value is -1.72. The Morgan fingerprint density at radius 1 is 1.30 bits per heavy atom. The van der Waals surface area contributed by atoms with Gasteiger partial charge in [-0.15, -0.1) is 0 Å². The third-order valence-corrected chi connectivity index (χ3v) is 8.64. The Morgan fingerprint density at radius 2 is 2.21 bits per heavy atom. The molecule has 5 heterocycles. The second kappa shape index (κ2) is 9.14. The fourth-order valence-electron chi connectivity index (χ4n) is 4.91. The van der Waals surface area contributed by atoms with Crippen molar-refractivity contribution in [2.45, 2.75) is 49.8 Å². The second-order valence-electron chi connectivity index (χ2n) is 8.36. The van der Waals surface area contributed by atoms with Crippen molar-refractivity contribution >= 4 is 41.7 Å². The SMILES string of the molecule is [2H]OC[C@H]1O[C@@H](n2cnc3c(NBr)ncnc32)C[C@H]1O[P@@]1O[C@@H](c2ccccc2)[C@H]2CCCN21. The summed E-state index contributed by atoms with van der Waals surface area (Å²) >= 11 is 3.21. The highest BCUT2D eigenvalue weighted by Gasteiger charge is 2.50. The Labute approximate surface area is 202 Å². The van der Waals surface area contributed by atoms with Crippen LogP contribution in [-0.2, 0) is 13.8 Å². The van der Waals surface area contributed by atoms with E-state index in [0.29, 0.717) is 29.4 Å². The maximum absolute atomic E-state index is 7.30. The second-order valence-corrected chi connectivity index (χ2v) is 10.2. The lowest BCUT2D eigenvalue weighted by Crippen LogP contribution is -2.28. The van der Waals surface area contributed by atoms with Crippen LogP contribution in [0.3, 0.4) is 0 Å². The minimum Gasteiger partial charge on any atom is -0.394 e. The first-order valence-electron chi connectivity index (χ1n) is 11.4. The number of anilines is 1. The number of fused-ring (bicyclic) bond motifs is 2. The molecular weight excluding hydrogens is 511 g/mol. The van der Waals surface area contributed by atoms with Gasteiger partial charge in [0.25, 0.3) is 8.53 Å². The van der Waals surface area contributed by atoms with Gasteiger partial charge >= 0.3 is 0 Å². The predicted octanol–water partition coefficient (Wildman–Crippen LogP) is 3.68. The molecule has 3 saturated heterocycles. The monoisotopic (exact) mass is 535 g/mol. The Kier molecular flexibility index (Phi) is 5.72. The van der Waals surface area contributed by atoms with Crippen molar-refractivity contribution in [3.63, 3.8) is 0 Å². The average molecular weight is 536 g/mol.